The smallest absolute Gasteiger partial charge is 0.0680 e. The molecule has 0 aromatic carbocycles. The minimum absolute atomic E-state index is 0.0912. The first-order valence-corrected chi connectivity index (χ1v) is 9.07. The van der Waals surface area contributed by atoms with E-state index in [4.69, 9.17) is 0 Å². The summed E-state index contributed by atoms with van der Waals surface area (Å²) in [7, 11) is -1.26. The van der Waals surface area contributed by atoms with Crippen molar-refractivity contribution in [3.05, 3.63) is 12.7 Å². The summed E-state index contributed by atoms with van der Waals surface area (Å²) < 4.78 is 0. The molecule has 0 radical (unpaired) electrons. The van der Waals surface area contributed by atoms with Gasteiger partial charge in [0.25, 0.3) is 0 Å². The Kier molecular flexibility index (Phi) is 3.92. The molecular weight excluding hydrogens is 190 g/mol. The molecule has 1 N–H and O–H groups in total. The summed E-state index contributed by atoms with van der Waals surface area (Å²) in [6.07, 6.45) is 3.86. The van der Waals surface area contributed by atoms with E-state index in [9.17, 15) is 5.11 Å². The highest BCUT2D eigenvalue weighted by Gasteiger charge is 2.41. The van der Waals surface area contributed by atoms with E-state index in [0.717, 1.165) is 25.9 Å². The first kappa shape index (κ1) is 11.9. The standard InChI is InChI=1S/C11H23NOSi/c1-5-6-8-12-9-7-10(13)11(12)14(2,3)4/h5,10-11,13H,1,6-9H2,2-4H3/t10-,11?/m1/s1. The van der Waals surface area contributed by atoms with Crippen LogP contribution in [0.15, 0.2) is 12.7 Å². The van der Waals surface area contributed by atoms with E-state index in [1.807, 2.05) is 6.08 Å². The molecule has 1 aliphatic rings. The van der Waals surface area contributed by atoms with Crippen molar-refractivity contribution >= 4 is 8.07 Å². The predicted octanol–water partition coefficient (Wildman–Crippen LogP) is 1.88. The van der Waals surface area contributed by atoms with Gasteiger partial charge >= 0.3 is 0 Å². The van der Waals surface area contributed by atoms with Gasteiger partial charge in [-0.05, 0) is 12.8 Å². The van der Waals surface area contributed by atoms with Crippen molar-refractivity contribution in [1.82, 2.24) is 4.90 Å². The van der Waals surface area contributed by atoms with Crippen LogP contribution in [0.3, 0.4) is 0 Å². The maximum Gasteiger partial charge on any atom is 0.0680 e. The Hall–Kier alpha value is -0.123. The molecule has 14 heavy (non-hydrogen) atoms. The monoisotopic (exact) mass is 213 g/mol. The van der Waals surface area contributed by atoms with Crippen molar-refractivity contribution < 1.29 is 5.11 Å². The van der Waals surface area contributed by atoms with Gasteiger partial charge in [0, 0.05) is 18.8 Å². The molecule has 1 aliphatic heterocycles. The molecular formula is C11H23NOSi. The average molecular weight is 213 g/mol. The molecule has 1 heterocycles. The highest BCUT2D eigenvalue weighted by atomic mass is 28.3. The number of likely N-dealkylation sites (tertiary alicyclic amines) is 1. The fraction of sp³-hybridized carbons (Fsp3) is 0.818. The van der Waals surface area contributed by atoms with Crippen molar-refractivity contribution in [3.8, 4) is 0 Å². The molecule has 1 saturated heterocycles. The lowest BCUT2D eigenvalue weighted by molar-refractivity contribution is 0.152. The van der Waals surface area contributed by atoms with Crippen LogP contribution in [0.1, 0.15) is 12.8 Å². The van der Waals surface area contributed by atoms with E-state index in [-0.39, 0.29) is 6.10 Å². The average Bonchev–Trinajstić information content (AvgIpc) is 2.42. The number of nitrogens with zero attached hydrogens (tertiary/aromatic N) is 1. The number of aliphatic hydroxyl groups is 1. The van der Waals surface area contributed by atoms with Gasteiger partial charge < -0.3 is 10.0 Å². The molecule has 0 aliphatic carbocycles. The van der Waals surface area contributed by atoms with Crippen molar-refractivity contribution in [2.75, 3.05) is 13.1 Å². The lowest BCUT2D eigenvalue weighted by atomic mass is 10.3. The maximum atomic E-state index is 9.96. The first-order chi connectivity index (χ1) is 6.46. The van der Waals surface area contributed by atoms with E-state index in [1.165, 1.54) is 0 Å². The van der Waals surface area contributed by atoms with Crippen LogP contribution in [-0.4, -0.2) is 42.9 Å². The van der Waals surface area contributed by atoms with Crippen LogP contribution < -0.4 is 0 Å². The van der Waals surface area contributed by atoms with Crippen LogP contribution in [0, 0.1) is 0 Å². The number of hydrogen-bond acceptors (Lipinski definition) is 2. The lowest BCUT2D eigenvalue weighted by Gasteiger charge is -2.35. The van der Waals surface area contributed by atoms with Crippen molar-refractivity contribution in [3.63, 3.8) is 0 Å². The lowest BCUT2D eigenvalue weighted by Crippen LogP contribution is -2.52. The van der Waals surface area contributed by atoms with E-state index < -0.39 is 8.07 Å². The van der Waals surface area contributed by atoms with Gasteiger partial charge in [-0.2, -0.15) is 0 Å². The van der Waals surface area contributed by atoms with Gasteiger partial charge in [0.15, 0.2) is 0 Å². The van der Waals surface area contributed by atoms with Crippen molar-refractivity contribution in [2.45, 2.75) is 44.3 Å². The SMILES string of the molecule is C=CCCN1CC[C@@H](O)C1[Si](C)(C)C. The van der Waals surface area contributed by atoms with Crippen molar-refractivity contribution in [1.29, 1.82) is 0 Å². The molecule has 3 heteroatoms. The Labute approximate surface area is 88.6 Å². The summed E-state index contributed by atoms with van der Waals surface area (Å²) in [5.41, 5.74) is 0.447. The highest BCUT2D eigenvalue weighted by molar-refractivity contribution is 6.77. The third-order valence-electron chi connectivity index (χ3n) is 2.98. The van der Waals surface area contributed by atoms with E-state index in [2.05, 4.69) is 31.1 Å². The third-order valence-corrected chi connectivity index (χ3v) is 5.50. The third kappa shape index (κ3) is 2.68. The Balaban J connectivity index is 2.62. The van der Waals surface area contributed by atoms with Crippen LogP contribution in [0.5, 0.6) is 0 Å². The zero-order valence-electron chi connectivity index (χ0n) is 9.66. The molecule has 0 saturated carbocycles. The van der Waals surface area contributed by atoms with Crippen LogP contribution in [-0.2, 0) is 0 Å². The fourth-order valence-electron chi connectivity index (χ4n) is 2.47. The number of hydrogen-bond donors (Lipinski definition) is 1. The Morgan fingerprint density at radius 2 is 2.14 bits per heavy atom. The molecule has 2 atom stereocenters. The first-order valence-electron chi connectivity index (χ1n) is 5.50. The van der Waals surface area contributed by atoms with Crippen LogP contribution in [0.4, 0.5) is 0 Å². The molecule has 1 rings (SSSR count). The minimum atomic E-state index is -1.26. The molecule has 2 nitrogen and oxygen atoms in total. The number of aliphatic hydroxyl groups excluding tert-OH is 1. The van der Waals surface area contributed by atoms with Gasteiger partial charge in [0.1, 0.15) is 0 Å². The summed E-state index contributed by atoms with van der Waals surface area (Å²) in [4.78, 5) is 2.46. The second-order valence-electron chi connectivity index (χ2n) is 5.28. The molecule has 0 aromatic heterocycles. The minimum Gasteiger partial charge on any atom is -0.392 e. The molecule has 0 bridgehead atoms. The zero-order valence-corrected chi connectivity index (χ0v) is 10.7. The Morgan fingerprint density at radius 3 is 2.64 bits per heavy atom. The van der Waals surface area contributed by atoms with Gasteiger partial charge in [-0.15, -0.1) is 6.58 Å². The Morgan fingerprint density at radius 1 is 1.50 bits per heavy atom. The van der Waals surface area contributed by atoms with Crippen LogP contribution >= 0.6 is 0 Å². The topological polar surface area (TPSA) is 23.5 Å². The second kappa shape index (κ2) is 4.60. The highest BCUT2D eigenvalue weighted by Crippen LogP contribution is 2.26. The van der Waals surface area contributed by atoms with Gasteiger partial charge in [0.05, 0.1) is 14.2 Å². The van der Waals surface area contributed by atoms with Crippen LogP contribution in [0.2, 0.25) is 19.6 Å². The van der Waals surface area contributed by atoms with E-state index in [1.54, 1.807) is 0 Å². The number of rotatable bonds is 4. The van der Waals surface area contributed by atoms with Gasteiger partial charge in [-0.25, -0.2) is 0 Å². The molecule has 0 aromatic rings. The fourth-order valence-corrected chi connectivity index (χ4v) is 5.15. The van der Waals surface area contributed by atoms with E-state index in [0.29, 0.717) is 5.67 Å². The summed E-state index contributed by atoms with van der Waals surface area (Å²) in [5.74, 6) is 0. The molecule has 1 unspecified atom stereocenters. The molecule has 0 amide bonds. The summed E-state index contributed by atoms with van der Waals surface area (Å²) >= 11 is 0. The quantitative estimate of drug-likeness (QED) is 0.569. The predicted molar refractivity (Wildman–Crippen MR) is 64.1 cm³/mol. The van der Waals surface area contributed by atoms with Gasteiger partial charge in [-0.3, -0.25) is 0 Å². The molecule has 0 spiro atoms. The van der Waals surface area contributed by atoms with Gasteiger partial charge in [0.2, 0.25) is 0 Å². The molecule has 1 fully saturated rings. The summed E-state index contributed by atoms with van der Waals surface area (Å²) in [6, 6.07) is 0. The zero-order chi connectivity index (χ0) is 10.8. The maximum absolute atomic E-state index is 9.96. The summed E-state index contributed by atoms with van der Waals surface area (Å²) in [6.45, 7) is 12.9. The van der Waals surface area contributed by atoms with E-state index >= 15 is 0 Å². The van der Waals surface area contributed by atoms with Gasteiger partial charge in [-0.1, -0.05) is 25.7 Å². The van der Waals surface area contributed by atoms with Crippen LogP contribution in [0.25, 0.3) is 0 Å². The normalized spacial score (nSPS) is 29.4. The summed E-state index contributed by atoms with van der Waals surface area (Å²) in [5, 5.41) is 9.96. The van der Waals surface area contributed by atoms with Crippen molar-refractivity contribution in [2.24, 2.45) is 0 Å². The Bertz CT molecular complexity index is 200. The second-order valence-corrected chi connectivity index (χ2v) is 10.6. The molecule has 82 valence electrons. The largest absolute Gasteiger partial charge is 0.392 e.